The van der Waals surface area contributed by atoms with Gasteiger partial charge in [-0.05, 0) is 19.3 Å². The van der Waals surface area contributed by atoms with Crippen LogP contribution in [-0.4, -0.2) is 10.7 Å². The first kappa shape index (κ1) is 10.4. The number of nitrogens with zero attached hydrogens (tertiary/aromatic N) is 2. The van der Waals surface area contributed by atoms with Gasteiger partial charge in [-0.3, -0.25) is 0 Å². The molecule has 0 saturated carbocycles. The van der Waals surface area contributed by atoms with E-state index in [9.17, 15) is 0 Å². The Labute approximate surface area is 83.7 Å². The summed E-state index contributed by atoms with van der Waals surface area (Å²) in [5.74, 6) is 0.508. The largest absolute Gasteiger partial charge is 0.229 e. The van der Waals surface area contributed by atoms with Gasteiger partial charge in [0, 0.05) is 16.8 Å². The van der Waals surface area contributed by atoms with E-state index in [0.717, 1.165) is 17.3 Å². The summed E-state index contributed by atoms with van der Waals surface area (Å²) in [6, 6.07) is 0. The second-order valence-corrected chi connectivity index (χ2v) is 4.46. The van der Waals surface area contributed by atoms with Crippen molar-refractivity contribution < 1.29 is 0 Å². The zero-order valence-electron chi connectivity index (χ0n) is 8.66. The first-order valence-corrected chi connectivity index (χ1v) is 5.45. The summed E-state index contributed by atoms with van der Waals surface area (Å²) in [7, 11) is 0. The molecule has 0 fully saturated rings. The van der Waals surface area contributed by atoms with Crippen molar-refractivity contribution in [2.75, 3.05) is 0 Å². The molecule has 0 saturated heterocycles. The predicted molar refractivity (Wildman–Crippen MR) is 59.1 cm³/mol. The molecule has 0 aliphatic rings. The highest BCUT2D eigenvalue weighted by molar-refractivity contribution is 7.15. The summed E-state index contributed by atoms with van der Waals surface area (Å²) in [5.41, 5.74) is 1.15. The Balaban J connectivity index is 2.79. The number of thiazole rings is 1. The van der Waals surface area contributed by atoms with E-state index in [4.69, 9.17) is 0 Å². The molecule has 2 nitrogen and oxygen atoms in total. The Morgan fingerprint density at radius 2 is 2.31 bits per heavy atom. The van der Waals surface area contributed by atoms with Crippen LogP contribution in [0.5, 0.6) is 0 Å². The lowest BCUT2D eigenvalue weighted by Gasteiger charge is -2.00. The molecule has 13 heavy (non-hydrogen) atoms. The first-order chi connectivity index (χ1) is 6.13. The molecule has 0 spiro atoms. The van der Waals surface area contributed by atoms with Crippen LogP contribution in [0.3, 0.4) is 0 Å². The van der Waals surface area contributed by atoms with Crippen LogP contribution in [0.15, 0.2) is 11.2 Å². The maximum absolute atomic E-state index is 4.45. The molecule has 0 unspecified atom stereocenters. The number of aromatic nitrogens is 1. The summed E-state index contributed by atoms with van der Waals surface area (Å²) < 4.78 is 0. The molecule has 72 valence electrons. The van der Waals surface area contributed by atoms with Crippen molar-refractivity contribution in [1.29, 1.82) is 0 Å². The number of rotatable bonds is 3. The van der Waals surface area contributed by atoms with Crippen LogP contribution < -0.4 is 0 Å². The summed E-state index contributed by atoms with van der Waals surface area (Å²) in [6.45, 7) is 8.48. The van der Waals surface area contributed by atoms with Gasteiger partial charge in [0.25, 0.3) is 0 Å². The lowest BCUT2D eigenvalue weighted by molar-refractivity contribution is 0.878. The normalized spacial score (nSPS) is 12.5. The van der Waals surface area contributed by atoms with E-state index in [2.05, 4.69) is 37.7 Å². The highest BCUT2D eigenvalue weighted by Gasteiger charge is 2.01. The van der Waals surface area contributed by atoms with Crippen LogP contribution in [-0.2, 0) is 6.42 Å². The topological polar surface area (TPSA) is 25.2 Å². The molecular formula is C10H16N2S. The third kappa shape index (κ3) is 2.92. The Hall–Kier alpha value is -0.700. The van der Waals surface area contributed by atoms with E-state index in [1.165, 1.54) is 4.88 Å². The summed E-state index contributed by atoms with van der Waals surface area (Å²) >= 11 is 1.68. The molecule has 1 aromatic rings. The van der Waals surface area contributed by atoms with Crippen LogP contribution in [0.2, 0.25) is 0 Å². The molecule has 0 aliphatic heterocycles. The molecule has 1 heterocycles. The molecule has 0 aliphatic carbocycles. The minimum Gasteiger partial charge on any atom is -0.229 e. The fourth-order valence-electron chi connectivity index (χ4n) is 0.792. The van der Waals surface area contributed by atoms with Crippen molar-refractivity contribution in [3.63, 3.8) is 0 Å². The van der Waals surface area contributed by atoms with Crippen LogP contribution in [0, 0.1) is 5.92 Å². The standard InChI is InChI=1S/C10H16N2S/c1-5-9-6-11-10(13-9)12-8(4)7(2)3/h6-7H,5H2,1-4H3. The molecule has 0 bridgehead atoms. The molecule has 0 atom stereocenters. The van der Waals surface area contributed by atoms with E-state index >= 15 is 0 Å². The van der Waals surface area contributed by atoms with Crippen LogP contribution in [0.1, 0.15) is 32.6 Å². The summed E-state index contributed by atoms with van der Waals surface area (Å²) in [6.07, 6.45) is 2.96. The Kier molecular flexibility index (Phi) is 3.60. The van der Waals surface area contributed by atoms with Gasteiger partial charge in [-0.15, -0.1) is 0 Å². The van der Waals surface area contributed by atoms with Gasteiger partial charge in [0.05, 0.1) is 0 Å². The zero-order valence-corrected chi connectivity index (χ0v) is 9.48. The first-order valence-electron chi connectivity index (χ1n) is 4.63. The van der Waals surface area contributed by atoms with Crippen LogP contribution in [0.25, 0.3) is 0 Å². The Bertz CT molecular complexity index is 300. The smallest absolute Gasteiger partial charge is 0.209 e. The molecule has 0 N–H and O–H groups in total. The monoisotopic (exact) mass is 196 g/mol. The molecule has 0 radical (unpaired) electrons. The van der Waals surface area contributed by atoms with Gasteiger partial charge in [0.1, 0.15) is 0 Å². The average Bonchev–Trinajstić information content (AvgIpc) is 2.52. The van der Waals surface area contributed by atoms with Gasteiger partial charge >= 0.3 is 0 Å². The second kappa shape index (κ2) is 4.51. The van der Waals surface area contributed by atoms with Gasteiger partial charge in [-0.25, -0.2) is 9.98 Å². The van der Waals surface area contributed by atoms with Gasteiger partial charge in [-0.2, -0.15) is 0 Å². The molecule has 0 amide bonds. The maximum Gasteiger partial charge on any atom is 0.209 e. The predicted octanol–water partition coefficient (Wildman–Crippen LogP) is 3.45. The van der Waals surface area contributed by atoms with E-state index in [1.807, 2.05) is 6.20 Å². The van der Waals surface area contributed by atoms with Crippen molar-refractivity contribution in [3.05, 3.63) is 11.1 Å². The number of hydrogen-bond donors (Lipinski definition) is 0. The van der Waals surface area contributed by atoms with Crippen LogP contribution in [0.4, 0.5) is 5.13 Å². The van der Waals surface area contributed by atoms with Gasteiger partial charge in [0.2, 0.25) is 5.13 Å². The SMILES string of the molecule is CCc1cnc(N=C(C)C(C)C)s1. The van der Waals surface area contributed by atoms with E-state index in [-0.39, 0.29) is 0 Å². The van der Waals surface area contributed by atoms with Crippen molar-refractivity contribution in [3.8, 4) is 0 Å². The fraction of sp³-hybridized carbons (Fsp3) is 0.600. The van der Waals surface area contributed by atoms with Crippen LogP contribution >= 0.6 is 11.3 Å². The minimum atomic E-state index is 0.508. The number of aryl methyl sites for hydroxylation is 1. The molecule has 1 aromatic heterocycles. The third-order valence-corrected chi connectivity index (χ3v) is 3.03. The Morgan fingerprint density at radius 1 is 1.62 bits per heavy atom. The van der Waals surface area contributed by atoms with Crippen molar-refractivity contribution in [2.45, 2.75) is 34.1 Å². The highest BCUT2D eigenvalue weighted by atomic mass is 32.1. The minimum absolute atomic E-state index is 0.508. The highest BCUT2D eigenvalue weighted by Crippen LogP contribution is 2.22. The molecule has 3 heteroatoms. The van der Waals surface area contributed by atoms with E-state index in [1.54, 1.807) is 11.3 Å². The third-order valence-electron chi connectivity index (χ3n) is 2.00. The van der Waals surface area contributed by atoms with E-state index < -0.39 is 0 Å². The Morgan fingerprint density at radius 3 is 2.77 bits per heavy atom. The lowest BCUT2D eigenvalue weighted by Crippen LogP contribution is -2.00. The quantitative estimate of drug-likeness (QED) is 0.680. The molecule has 0 aromatic carbocycles. The van der Waals surface area contributed by atoms with Gasteiger partial charge in [-0.1, -0.05) is 32.1 Å². The molecule has 1 rings (SSSR count). The van der Waals surface area contributed by atoms with E-state index in [0.29, 0.717) is 5.92 Å². The zero-order chi connectivity index (χ0) is 9.84. The van der Waals surface area contributed by atoms with Crippen molar-refractivity contribution in [1.82, 2.24) is 4.98 Å². The van der Waals surface area contributed by atoms with Gasteiger partial charge < -0.3 is 0 Å². The fourth-order valence-corrected chi connectivity index (χ4v) is 1.57. The number of aliphatic imine (C=N–C) groups is 1. The second-order valence-electron chi connectivity index (χ2n) is 3.37. The maximum atomic E-state index is 4.45. The average molecular weight is 196 g/mol. The van der Waals surface area contributed by atoms with Crippen molar-refractivity contribution in [2.24, 2.45) is 10.9 Å². The van der Waals surface area contributed by atoms with Gasteiger partial charge in [0.15, 0.2) is 0 Å². The van der Waals surface area contributed by atoms with Crippen molar-refractivity contribution >= 4 is 22.2 Å². The summed E-state index contributed by atoms with van der Waals surface area (Å²) in [4.78, 5) is 9.99. The lowest BCUT2D eigenvalue weighted by atomic mass is 10.1. The number of hydrogen-bond acceptors (Lipinski definition) is 3. The summed E-state index contributed by atoms with van der Waals surface area (Å²) in [5, 5.41) is 0.892. The molecular weight excluding hydrogens is 180 g/mol.